The summed E-state index contributed by atoms with van der Waals surface area (Å²) in [5.41, 5.74) is -0.741. The number of nitrogens with zero attached hydrogens (tertiary/aromatic N) is 1. The lowest BCUT2D eigenvalue weighted by Crippen LogP contribution is -2.33. The van der Waals surface area contributed by atoms with Gasteiger partial charge in [0.05, 0.1) is 25.9 Å². The molecule has 0 fully saturated rings. The Morgan fingerprint density at radius 1 is 1.36 bits per heavy atom. The number of aliphatic hydroxyl groups is 1. The first-order chi connectivity index (χ1) is 10.3. The number of rotatable bonds is 8. The van der Waals surface area contributed by atoms with Gasteiger partial charge in [-0.05, 0) is 26.8 Å². The molecule has 1 heterocycles. The monoisotopic (exact) mass is 332 g/mol. The van der Waals surface area contributed by atoms with Crippen LogP contribution in [0, 0.1) is 6.92 Å². The molecule has 0 aliphatic rings. The summed E-state index contributed by atoms with van der Waals surface area (Å²) in [5.74, 6) is 1.17. The lowest BCUT2D eigenvalue weighted by atomic mass is 10.3. The van der Waals surface area contributed by atoms with Crippen molar-refractivity contribution >= 4 is 7.60 Å². The molecule has 0 aliphatic heterocycles. The maximum absolute atomic E-state index is 12.2. The van der Waals surface area contributed by atoms with E-state index in [1.807, 2.05) is 0 Å². The number of aromatic nitrogens is 2. The molecule has 0 saturated carbocycles. The minimum Gasteiger partial charge on any atom is -0.387 e. The molecule has 1 rings (SSSR count). The molecular weight excluding hydrogens is 311 g/mol. The Bertz CT molecular complexity index is 668. The normalized spacial score (nSPS) is 13.6. The number of H-pyrrole nitrogens is 1. The minimum absolute atomic E-state index is 0.0921. The molecule has 2 N–H and O–H groups in total. The lowest BCUT2D eigenvalue weighted by Gasteiger charge is -2.14. The van der Waals surface area contributed by atoms with Crippen LogP contribution in [-0.2, 0) is 20.2 Å². The number of aromatic amines is 1. The molecule has 0 amide bonds. The van der Waals surface area contributed by atoms with Crippen LogP contribution < -0.4 is 11.2 Å². The fourth-order valence-electron chi connectivity index (χ4n) is 1.70. The average Bonchev–Trinajstić information content (AvgIpc) is 2.43. The molecule has 0 spiro atoms. The maximum Gasteiger partial charge on any atom is 0.353 e. The quantitative estimate of drug-likeness (QED) is 0.687. The largest absolute Gasteiger partial charge is 0.387 e. The summed E-state index contributed by atoms with van der Waals surface area (Å²) in [5, 5.41) is 9.92. The van der Waals surface area contributed by atoms with Gasteiger partial charge < -0.3 is 14.2 Å². The van der Waals surface area contributed by atoms with Crippen LogP contribution in [0.1, 0.15) is 19.4 Å². The van der Waals surface area contributed by atoms with Gasteiger partial charge in [0.25, 0.3) is 5.56 Å². The molecule has 0 radical (unpaired) electrons. The van der Waals surface area contributed by atoms with Crippen LogP contribution in [0.25, 0.3) is 0 Å². The van der Waals surface area contributed by atoms with Crippen LogP contribution in [-0.4, -0.2) is 34.0 Å². The molecule has 1 atom stereocenters. The summed E-state index contributed by atoms with van der Waals surface area (Å²) < 4.78 is 23.4. The first-order valence-electron chi connectivity index (χ1n) is 6.88. The molecule has 1 aromatic rings. The number of aryl methyl sites for hydroxylation is 1. The highest BCUT2D eigenvalue weighted by molar-refractivity contribution is 7.57. The molecule has 0 saturated heterocycles. The minimum atomic E-state index is -3.39. The van der Waals surface area contributed by atoms with Gasteiger partial charge in [0.1, 0.15) is 0 Å². The van der Waals surface area contributed by atoms with E-state index in [0.29, 0.717) is 5.56 Å². The highest BCUT2D eigenvalue weighted by atomic mass is 31.2. The van der Waals surface area contributed by atoms with Gasteiger partial charge in [-0.15, -0.1) is 0 Å². The van der Waals surface area contributed by atoms with E-state index in [1.54, 1.807) is 20.8 Å². The van der Waals surface area contributed by atoms with E-state index in [0.717, 1.165) is 4.57 Å². The smallest absolute Gasteiger partial charge is 0.353 e. The molecular formula is C13H21N2O6P. The number of hydrogen-bond acceptors (Lipinski definition) is 6. The molecule has 9 heteroatoms. The Morgan fingerprint density at radius 3 is 2.50 bits per heavy atom. The van der Waals surface area contributed by atoms with Crippen LogP contribution in [0.15, 0.2) is 27.7 Å². The van der Waals surface area contributed by atoms with Crippen molar-refractivity contribution in [3.63, 3.8) is 0 Å². The van der Waals surface area contributed by atoms with E-state index >= 15 is 0 Å². The summed E-state index contributed by atoms with van der Waals surface area (Å²) in [4.78, 5) is 25.0. The van der Waals surface area contributed by atoms with E-state index < -0.39 is 24.9 Å². The van der Waals surface area contributed by atoms with Gasteiger partial charge >= 0.3 is 13.3 Å². The first kappa shape index (κ1) is 18.6. The van der Waals surface area contributed by atoms with E-state index in [9.17, 15) is 19.3 Å². The Morgan fingerprint density at radius 2 is 1.95 bits per heavy atom. The van der Waals surface area contributed by atoms with Gasteiger partial charge in [-0.1, -0.05) is 0 Å². The highest BCUT2D eigenvalue weighted by Crippen LogP contribution is 2.49. The maximum atomic E-state index is 12.2. The Hall–Kier alpha value is -1.47. The second kappa shape index (κ2) is 8.24. The zero-order chi connectivity index (χ0) is 16.8. The topological polar surface area (TPSA) is 111 Å². The molecule has 0 bridgehead atoms. The van der Waals surface area contributed by atoms with E-state index in [2.05, 4.69) is 4.98 Å². The van der Waals surface area contributed by atoms with Crippen molar-refractivity contribution in [2.75, 3.05) is 13.2 Å². The van der Waals surface area contributed by atoms with Gasteiger partial charge in [0.2, 0.25) is 0 Å². The summed E-state index contributed by atoms with van der Waals surface area (Å²) >= 11 is 0. The van der Waals surface area contributed by atoms with Crippen LogP contribution >= 0.6 is 7.60 Å². The zero-order valence-corrected chi connectivity index (χ0v) is 13.7. The number of aliphatic hydroxyl groups excluding tert-OH is 1. The van der Waals surface area contributed by atoms with Gasteiger partial charge in [0, 0.05) is 17.6 Å². The molecule has 1 aromatic heterocycles. The van der Waals surface area contributed by atoms with E-state index in [4.69, 9.17) is 9.05 Å². The van der Waals surface area contributed by atoms with Crippen molar-refractivity contribution < 1.29 is 18.7 Å². The Kier molecular flexibility index (Phi) is 6.96. The fourth-order valence-corrected chi connectivity index (χ4v) is 3.08. The van der Waals surface area contributed by atoms with Crippen LogP contribution in [0.5, 0.6) is 0 Å². The zero-order valence-electron chi connectivity index (χ0n) is 12.8. The van der Waals surface area contributed by atoms with Crippen molar-refractivity contribution in [2.24, 2.45) is 0 Å². The van der Waals surface area contributed by atoms with E-state index in [-0.39, 0.29) is 19.8 Å². The predicted octanol–water partition coefficient (Wildman–Crippen LogP) is 0.986. The Balaban J connectivity index is 2.85. The third-order valence-corrected chi connectivity index (χ3v) is 4.46. The van der Waals surface area contributed by atoms with Gasteiger partial charge in [-0.25, -0.2) is 4.79 Å². The summed E-state index contributed by atoms with van der Waals surface area (Å²) in [7, 11) is -3.39. The lowest BCUT2D eigenvalue weighted by molar-refractivity contribution is 0.197. The van der Waals surface area contributed by atoms with Crippen LogP contribution in [0.2, 0.25) is 0 Å². The molecule has 0 aromatic carbocycles. The van der Waals surface area contributed by atoms with Crippen molar-refractivity contribution in [1.29, 1.82) is 0 Å². The van der Waals surface area contributed by atoms with Gasteiger partial charge in [-0.2, -0.15) is 0 Å². The van der Waals surface area contributed by atoms with Crippen LogP contribution in [0.3, 0.4) is 0 Å². The van der Waals surface area contributed by atoms with Crippen molar-refractivity contribution in [1.82, 2.24) is 9.55 Å². The molecule has 124 valence electrons. The second-order valence-corrected chi connectivity index (χ2v) is 6.40. The van der Waals surface area contributed by atoms with Gasteiger partial charge in [-0.3, -0.25) is 18.9 Å². The number of hydrogen-bond donors (Lipinski definition) is 2. The highest BCUT2D eigenvalue weighted by Gasteiger charge is 2.19. The molecule has 22 heavy (non-hydrogen) atoms. The Labute approximate surface area is 127 Å². The SMILES string of the molecule is CCOP(=O)(C=C[C@@H](O)Cn1cc(C)c(=O)[nH]c1=O)OCC. The third kappa shape index (κ3) is 5.38. The predicted molar refractivity (Wildman–Crippen MR) is 82.1 cm³/mol. The second-order valence-electron chi connectivity index (χ2n) is 4.51. The van der Waals surface area contributed by atoms with Crippen molar-refractivity contribution in [3.8, 4) is 0 Å². The fraction of sp³-hybridized carbons (Fsp3) is 0.538. The van der Waals surface area contributed by atoms with Crippen LogP contribution in [0.4, 0.5) is 0 Å². The summed E-state index contributed by atoms with van der Waals surface area (Å²) in [6.45, 7) is 5.23. The standard InChI is InChI=1S/C13H21N2O6P/c1-4-20-22(19,21-5-2)7-6-11(16)9-15-8-10(3)12(17)14-13(15)18/h6-8,11,16H,4-5,9H2,1-3H3,(H,14,17,18)/t11-/m1/s1. The van der Waals surface area contributed by atoms with Crippen molar-refractivity contribution in [2.45, 2.75) is 33.4 Å². The number of nitrogens with one attached hydrogen (secondary N) is 1. The molecule has 8 nitrogen and oxygen atoms in total. The average molecular weight is 332 g/mol. The first-order valence-corrected chi connectivity index (χ1v) is 8.49. The third-order valence-electron chi connectivity index (χ3n) is 2.68. The summed E-state index contributed by atoms with van der Waals surface area (Å²) in [6, 6.07) is 0. The summed E-state index contributed by atoms with van der Waals surface area (Å²) in [6.07, 6.45) is 1.51. The molecule has 0 unspecified atom stereocenters. The van der Waals surface area contributed by atoms with Crippen molar-refractivity contribution in [3.05, 3.63) is 44.5 Å². The van der Waals surface area contributed by atoms with E-state index in [1.165, 1.54) is 18.1 Å². The van der Waals surface area contributed by atoms with Gasteiger partial charge in [0.15, 0.2) is 0 Å². The molecule has 0 aliphatic carbocycles.